The van der Waals surface area contributed by atoms with Crippen LogP contribution in [0, 0.1) is 0 Å². The van der Waals surface area contributed by atoms with E-state index in [4.69, 9.17) is 0 Å². The average molecular weight is 489 g/mol. The molecule has 0 atom stereocenters. The lowest BCUT2D eigenvalue weighted by atomic mass is 10.2. The summed E-state index contributed by atoms with van der Waals surface area (Å²) in [4.78, 5) is 18.6. The molecule has 33 heavy (non-hydrogen) atoms. The van der Waals surface area contributed by atoms with E-state index in [-0.39, 0.29) is 42.7 Å². The van der Waals surface area contributed by atoms with Crippen molar-refractivity contribution < 1.29 is 21.6 Å². The zero-order chi connectivity index (χ0) is 23.5. The predicted molar refractivity (Wildman–Crippen MR) is 125 cm³/mol. The van der Waals surface area contributed by atoms with E-state index in [0.29, 0.717) is 18.7 Å². The smallest absolute Gasteiger partial charge is 0.263 e. The molecule has 2 aliphatic heterocycles. The van der Waals surface area contributed by atoms with Crippen LogP contribution in [0.3, 0.4) is 0 Å². The Labute approximate surface area is 193 Å². The monoisotopic (exact) mass is 488 g/mol. The Kier molecular flexibility index (Phi) is 6.63. The molecule has 0 aromatic heterocycles. The first-order valence-electron chi connectivity index (χ1n) is 10.4. The van der Waals surface area contributed by atoms with E-state index < -0.39 is 20.0 Å². The van der Waals surface area contributed by atoms with E-state index in [9.17, 15) is 21.6 Å². The van der Waals surface area contributed by atoms with Crippen molar-refractivity contribution in [2.45, 2.75) is 11.3 Å². The summed E-state index contributed by atoms with van der Waals surface area (Å²) in [5.74, 6) is 0.0879. The molecule has 0 aliphatic carbocycles. The normalized spacial score (nSPS) is 19.5. The maximum atomic E-state index is 12.6. The number of amidine groups is 1. The summed E-state index contributed by atoms with van der Waals surface area (Å²) in [7, 11) is -7.18. The van der Waals surface area contributed by atoms with Crippen molar-refractivity contribution in [3.63, 3.8) is 0 Å². The quantitative estimate of drug-likeness (QED) is 0.657. The van der Waals surface area contributed by atoms with Gasteiger partial charge in [-0.2, -0.15) is 4.31 Å². The Morgan fingerprint density at radius 1 is 1.00 bits per heavy atom. The van der Waals surface area contributed by atoms with Crippen LogP contribution in [0.15, 0.2) is 69.9 Å². The van der Waals surface area contributed by atoms with Gasteiger partial charge in [0.25, 0.3) is 10.0 Å². The number of rotatable bonds is 6. The van der Waals surface area contributed by atoms with Gasteiger partial charge in [-0.25, -0.2) is 16.8 Å². The number of nitrogens with one attached hydrogen (secondary N) is 1. The molecule has 1 saturated heterocycles. The topological polar surface area (TPSA) is 116 Å². The second-order valence-electron chi connectivity index (χ2n) is 7.62. The van der Waals surface area contributed by atoms with Gasteiger partial charge in [0.2, 0.25) is 15.9 Å². The van der Waals surface area contributed by atoms with Gasteiger partial charge in [-0.15, -0.1) is 0 Å². The number of hydrogen-bond acceptors (Lipinski definition) is 6. The highest BCUT2D eigenvalue weighted by Crippen LogP contribution is 2.22. The lowest BCUT2D eigenvalue weighted by molar-refractivity contribution is -0.132. The van der Waals surface area contributed by atoms with E-state index in [2.05, 4.69) is 9.71 Å². The van der Waals surface area contributed by atoms with E-state index >= 15 is 0 Å². The minimum Gasteiger partial charge on any atom is -0.340 e. The van der Waals surface area contributed by atoms with Gasteiger partial charge in [0.15, 0.2) is 0 Å². The maximum Gasteiger partial charge on any atom is 0.263 e. The lowest BCUT2D eigenvalue weighted by Gasteiger charge is -2.33. The standard InChI is InChI=1S/C22H24N4O5S2/c27-21(10-12-23-22-19-8-4-5-9-20(19)33(30,31)24-22)25-13-15-26(16-14-25)32(28,29)17-11-18-6-2-1-3-7-18/h1-9,11,17H,10,12-16H2,(H,23,24). The number of nitrogens with zero attached hydrogens (tertiary/aromatic N) is 3. The van der Waals surface area contributed by atoms with E-state index in [0.717, 1.165) is 5.56 Å². The van der Waals surface area contributed by atoms with Crippen LogP contribution in [0.1, 0.15) is 17.5 Å². The zero-order valence-corrected chi connectivity index (χ0v) is 19.4. The molecule has 1 amide bonds. The van der Waals surface area contributed by atoms with Gasteiger partial charge in [-0.1, -0.05) is 42.5 Å². The van der Waals surface area contributed by atoms with Gasteiger partial charge in [0.1, 0.15) is 5.84 Å². The number of amides is 1. The first-order valence-corrected chi connectivity index (χ1v) is 13.4. The van der Waals surface area contributed by atoms with Gasteiger partial charge in [-0.05, 0) is 23.8 Å². The van der Waals surface area contributed by atoms with Crippen LogP contribution >= 0.6 is 0 Å². The Balaban J connectivity index is 1.30. The second-order valence-corrected chi connectivity index (χ2v) is 11.1. The minimum atomic E-state index is -3.61. The SMILES string of the molecule is O=C(CCN=C1NS(=O)(=O)c2ccccc21)N1CCN(S(=O)(=O)C=Cc2ccccc2)CC1. The molecule has 2 aromatic carbocycles. The second kappa shape index (κ2) is 9.46. The predicted octanol–water partition coefficient (Wildman–Crippen LogP) is 1.26. The van der Waals surface area contributed by atoms with Crippen LogP contribution < -0.4 is 4.72 Å². The van der Waals surface area contributed by atoms with Crippen LogP contribution in [0.5, 0.6) is 0 Å². The van der Waals surface area contributed by atoms with E-state index in [1.54, 1.807) is 29.2 Å². The van der Waals surface area contributed by atoms with Crippen molar-refractivity contribution in [2.75, 3.05) is 32.7 Å². The van der Waals surface area contributed by atoms with Crippen molar-refractivity contribution in [2.24, 2.45) is 4.99 Å². The molecule has 0 unspecified atom stereocenters. The number of aliphatic imine (C=N–C) groups is 1. The van der Waals surface area contributed by atoms with Crippen LogP contribution in [-0.2, 0) is 24.8 Å². The summed E-state index contributed by atoms with van der Waals surface area (Å²) in [5, 5.41) is 1.19. The number of piperazine rings is 1. The van der Waals surface area contributed by atoms with Crippen molar-refractivity contribution >= 4 is 37.9 Å². The minimum absolute atomic E-state index is 0.105. The maximum absolute atomic E-state index is 12.6. The van der Waals surface area contributed by atoms with Gasteiger partial charge < -0.3 is 4.90 Å². The van der Waals surface area contributed by atoms with Crippen molar-refractivity contribution in [3.8, 4) is 0 Å². The Morgan fingerprint density at radius 2 is 1.67 bits per heavy atom. The lowest BCUT2D eigenvalue weighted by Crippen LogP contribution is -2.50. The number of carbonyl (C=O) groups is 1. The highest BCUT2D eigenvalue weighted by atomic mass is 32.2. The highest BCUT2D eigenvalue weighted by Gasteiger charge is 2.30. The highest BCUT2D eigenvalue weighted by molar-refractivity contribution is 7.92. The fourth-order valence-corrected chi connectivity index (χ4v) is 6.10. The number of fused-ring (bicyclic) bond motifs is 1. The summed E-state index contributed by atoms with van der Waals surface area (Å²) in [6.45, 7) is 1.15. The average Bonchev–Trinajstić information content (AvgIpc) is 3.08. The summed E-state index contributed by atoms with van der Waals surface area (Å²) < 4.78 is 53.2. The van der Waals surface area contributed by atoms with Crippen LogP contribution in [0.25, 0.3) is 6.08 Å². The fourth-order valence-electron chi connectivity index (χ4n) is 3.68. The number of hydrogen-bond donors (Lipinski definition) is 1. The molecular formula is C22H24N4O5S2. The third kappa shape index (κ3) is 5.32. The first-order chi connectivity index (χ1) is 15.8. The molecule has 1 fully saturated rings. The summed E-state index contributed by atoms with van der Waals surface area (Å²) in [6, 6.07) is 15.7. The summed E-state index contributed by atoms with van der Waals surface area (Å²) >= 11 is 0. The van der Waals surface area contributed by atoms with Gasteiger partial charge in [0, 0.05) is 43.6 Å². The fraction of sp³-hybridized carbons (Fsp3) is 0.273. The molecule has 2 aromatic rings. The first kappa shape index (κ1) is 23.1. The Morgan fingerprint density at radius 3 is 2.39 bits per heavy atom. The number of carbonyl (C=O) groups excluding carboxylic acids is 1. The summed E-state index contributed by atoms with van der Waals surface area (Å²) in [5.41, 5.74) is 1.29. The van der Waals surface area contributed by atoms with Crippen LogP contribution in [-0.4, -0.2) is 70.5 Å². The molecule has 4 rings (SSSR count). The third-order valence-electron chi connectivity index (χ3n) is 5.44. The largest absolute Gasteiger partial charge is 0.340 e. The number of benzene rings is 2. The zero-order valence-electron chi connectivity index (χ0n) is 17.8. The third-order valence-corrected chi connectivity index (χ3v) is 8.40. The van der Waals surface area contributed by atoms with Crippen molar-refractivity contribution in [3.05, 3.63) is 71.1 Å². The molecule has 9 nitrogen and oxygen atoms in total. The van der Waals surface area contributed by atoms with Crippen molar-refractivity contribution in [1.29, 1.82) is 0 Å². The van der Waals surface area contributed by atoms with E-state index in [1.165, 1.54) is 15.8 Å². The Hall–Kier alpha value is -3.02. The molecule has 0 spiro atoms. The molecule has 174 valence electrons. The molecular weight excluding hydrogens is 464 g/mol. The van der Waals surface area contributed by atoms with Crippen LogP contribution in [0.4, 0.5) is 0 Å². The number of sulfonamides is 2. The molecule has 2 heterocycles. The van der Waals surface area contributed by atoms with Crippen LogP contribution in [0.2, 0.25) is 0 Å². The molecule has 0 saturated carbocycles. The van der Waals surface area contributed by atoms with Crippen molar-refractivity contribution in [1.82, 2.24) is 13.9 Å². The Bertz CT molecular complexity index is 1300. The van der Waals surface area contributed by atoms with Gasteiger partial charge >= 0.3 is 0 Å². The molecule has 0 bridgehead atoms. The molecule has 11 heteroatoms. The van der Waals surface area contributed by atoms with Gasteiger partial charge in [0.05, 0.1) is 11.4 Å². The summed E-state index contributed by atoms with van der Waals surface area (Å²) in [6.07, 6.45) is 1.66. The van der Waals surface area contributed by atoms with E-state index in [1.807, 2.05) is 30.3 Å². The molecule has 2 aliphatic rings. The molecule has 0 radical (unpaired) electrons. The van der Waals surface area contributed by atoms with Gasteiger partial charge in [-0.3, -0.25) is 14.5 Å². The molecule has 1 N–H and O–H groups in total.